The first-order chi connectivity index (χ1) is 17.2. The molecule has 0 saturated heterocycles. The zero-order chi connectivity index (χ0) is 25.8. The van der Waals surface area contributed by atoms with Gasteiger partial charge >= 0.3 is 0 Å². The molecule has 11 heteroatoms. The number of aliphatic hydroxyl groups is 2. The van der Waals surface area contributed by atoms with Gasteiger partial charge < -0.3 is 20.7 Å². The smallest absolute Gasteiger partial charge is 0.280 e. The lowest BCUT2D eigenvalue weighted by Gasteiger charge is -2.17. The van der Waals surface area contributed by atoms with Crippen LogP contribution in [0.5, 0.6) is 5.88 Å². The van der Waals surface area contributed by atoms with Gasteiger partial charge in [-0.2, -0.15) is 4.98 Å². The SMILES string of the molecule is Cc1cc(-c2c(OCc3cccc(C(O)CO)n3)nc(N)nc2-c2ccc(F)cc2)cc(C(F)F)n1. The van der Waals surface area contributed by atoms with Crippen molar-refractivity contribution in [2.75, 3.05) is 12.3 Å². The molecule has 4 rings (SSSR count). The number of hydrogen-bond acceptors (Lipinski definition) is 8. The van der Waals surface area contributed by atoms with Crippen molar-refractivity contribution in [1.29, 1.82) is 0 Å². The van der Waals surface area contributed by atoms with E-state index in [0.717, 1.165) is 0 Å². The molecule has 0 aliphatic heterocycles. The summed E-state index contributed by atoms with van der Waals surface area (Å²) in [4.78, 5) is 16.6. The molecule has 1 atom stereocenters. The zero-order valence-electron chi connectivity index (χ0n) is 19.1. The molecular weight excluding hydrogens is 475 g/mol. The van der Waals surface area contributed by atoms with Crippen LogP contribution in [0.2, 0.25) is 0 Å². The van der Waals surface area contributed by atoms with Crippen LogP contribution in [0.3, 0.4) is 0 Å². The van der Waals surface area contributed by atoms with Crippen LogP contribution in [0.25, 0.3) is 22.4 Å². The van der Waals surface area contributed by atoms with E-state index < -0.39 is 30.6 Å². The maximum Gasteiger partial charge on any atom is 0.280 e. The minimum absolute atomic E-state index is 0.0115. The van der Waals surface area contributed by atoms with E-state index in [4.69, 9.17) is 10.5 Å². The minimum atomic E-state index is -2.82. The highest BCUT2D eigenvalue weighted by Gasteiger charge is 2.22. The Bertz CT molecular complexity index is 1370. The monoisotopic (exact) mass is 497 g/mol. The number of anilines is 1. The summed E-state index contributed by atoms with van der Waals surface area (Å²) in [6.45, 7) is 0.955. The second-order valence-corrected chi connectivity index (χ2v) is 7.88. The molecule has 4 aromatic rings. The summed E-state index contributed by atoms with van der Waals surface area (Å²) in [6.07, 6.45) is -3.98. The van der Waals surface area contributed by atoms with E-state index in [2.05, 4.69) is 19.9 Å². The fourth-order valence-electron chi connectivity index (χ4n) is 3.59. The predicted octanol–water partition coefficient (Wildman–Crippen LogP) is 4.17. The van der Waals surface area contributed by atoms with Gasteiger partial charge in [-0.15, -0.1) is 0 Å². The van der Waals surface area contributed by atoms with Crippen molar-refractivity contribution >= 4 is 5.95 Å². The van der Waals surface area contributed by atoms with Crippen molar-refractivity contribution in [3.05, 3.63) is 83.2 Å². The number of nitrogen functional groups attached to an aromatic ring is 1. The number of aryl methyl sites for hydroxylation is 1. The summed E-state index contributed by atoms with van der Waals surface area (Å²) < 4.78 is 46.6. The highest BCUT2D eigenvalue weighted by Crippen LogP contribution is 2.39. The molecule has 3 aromatic heterocycles. The molecule has 3 heterocycles. The molecule has 0 spiro atoms. The molecule has 0 aliphatic rings. The largest absolute Gasteiger partial charge is 0.471 e. The van der Waals surface area contributed by atoms with Gasteiger partial charge in [0.05, 0.1) is 29.3 Å². The quantitative estimate of drug-likeness (QED) is 0.331. The van der Waals surface area contributed by atoms with Gasteiger partial charge in [0, 0.05) is 11.3 Å². The fourth-order valence-corrected chi connectivity index (χ4v) is 3.59. The molecule has 0 aliphatic carbocycles. The van der Waals surface area contributed by atoms with E-state index in [1.807, 2.05) is 0 Å². The molecule has 0 saturated carbocycles. The first-order valence-electron chi connectivity index (χ1n) is 10.8. The van der Waals surface area contributed by atoms with Crippen LogP contribution in [0.4, 0.5) is 19.1 Å². The standard InChI is InChI=1S/C25H22F3N5O3/c1-13-9-15(10-19(30-13)23(27)28)21-22(14-5-7-16(26)8-6-14)32-25(29)33-24(21)36-12-17-3-2-4-18(31-17)20(35)11-34/h2-10,20,23,34-35H,11-12H2,1H3,(H2,29,32,33). The zero-order valence-corrected chi connectivity index (χ0v) is 19.1. The fraction of sp³-hybridized carbons (Fsp3) is 0.200. The van der Waals surface area contributed by atoms with E-state index in [1.54, 1.807) is 31.2 Å². The second-order valence-electron chi connectivity index (χ2n) is 7.88. The third-order valence-electron chi connectivity index (χ3n) is 5.20. The maximum absolute atomic E-state index is 13.6. The topological polar surface area (TPSA) is 127 Å². The highest BCUT2D eigenvalue weighted by atomic mass is 19.3. The Morgan fingerprint density at radius 3 is 2.39 bits per heavy atom. The minimum Gasteiger partial charge on any atom is -0.471 e. The van der Waals surface area contributed by atoms with Crippen molar-refractivity contribution in [2.24, 2.45) is 0 Å². The third kappa shape index (κ3) is 5.58. The summed E-state index contributed by atoms with van der Waals surface area (Å²) in [6, 6.07) is 13.1. The number of nitrogens with zero attached hydrogens (tertiary/aromatic N) is 4. The maximum atomic E-state index is 13.6. The van der Waals surface area contributed by atoms with Crippen LogP contribution in [-0.2, 0) is 6.61 Å². The van der Waals surface area contributed by atoms with Gasteiger partial charge in [0.2, 0.25) is 11.8 Å². The van der Waals surface area contributed by atoms with E-state index in [-0.39, 0.29) is 35.4 Å². The van der Waals surface area contributed by atoms with E-state index in [1.165, 1.54) is 30.3 Å². The Hall–Kier alpha value is -4.09. The van der Waals surface area contributed by atoms with E-state index in [9.17, 15) is 23.4 Å². The van der Waals surface area contributed by atoms with Crippen LogP contribution < -0.4 is 10.5 Å². The van der Waals surface area contributed by atoms with Crippen molar-refractivity contribution < 1.29 is 28.1 Å². The molecule has 0 fully saturated rings. The summed E-state index contributed by atoms with van der Waals surface area (Å²) in [5.41, 5.74) is 7.78. The van der Waals surface area contributed by atoms with Gasteiger partial charge in [0.25, 0.3) is 6.43 Å². The molecule has 1 aromatic carbocycles. The number of rotatable bonds is 8. The van der Waals surface area contributed by atoms with Crippen molar-refractivity contribution in [3.63, 3.8) is 0 Å². The summed E-state index contributed by atoms with van der Waals surface area (Å²) >= 11 is 0. The van der Waals surface area contributed by atoms with Gasteiger partial charge in [-0.05, 0) is 61.0 Å². The first kappa shape index (κ1) is 25.0. The summed E-state index contributed by atoms with van der Waals surface area (Å²) in [7, 11) is 0. The molecule has 186 valence electrons. The van der Waals surface area contributed by atoms with Crippen molar-refractivity contribution in [3.8, 4) is 28.3 Å². The Labute approximate surface area is 204 Å². The van der Waals surface area contributed by atoms with Gasteiger partial charge in [0.15, 0.2) is 0 Å². The van der Waals surface area contributed by atoms with Gasteiger partial charge in [0.1, 0.15) is 24.2 Å². The van der Waals surface area contributed by atoms with Crippen molar-refractivity contribution in [2.45, 2.75) is 26.1 Å². The Morgan fingerprint density at radius 2 is 1.69 bits per heavy atom. The Balaban J connectivity index is 1.84. The summed E-state index contributed by atoms with van der Waals surface area (Å²) in [5.74, 6) is -0.623. The second kappa shape index (κ2) is 10.7. The molecule has 1 unspecified atom stereocenters. The van der Waals surface area contributed by atoms with E-state index in [0.29, 0.717) is 22.5 Å². The average Bonchev–Trinajstić information content (AvgIpc) is 2.86. The molecule has 0 amide bonds. The molecule has 0 radical (unpaired) electrons. The number of benzene rings is 1. The number of alkyl halides is 2. The van der Waals surface area contributed by atoms with Gasteiger partial charge in [-0.25, -0.2) is 18.2 Å². The van der Waals surface area contributed by atoms with Crippen LogP contribution in [-0.4, -0.2) is 36.8 Å². The lowest BCUT2D eigenvalue weighted by atomic mass is 9.99. The molecule has 36 heavy (non-hydrogen) atoms. The van der Waals surface area contributed by atoms with Crippen molar-refractivity contribution in [1.82, 2.24) is 19.9 Å². The van der Waals surface area contributed by atoms with Crippen LogP contribution in [0.1, 0.15) is 35.3 Å². The van der Waals surface area contributed by atoms with Crippen LogP contribution >= 0.6 is 0 Å². The normalized spacial score (nSPS) is 12.1. The number of hydrogen-bond donors (Lipinski definition) is 3. The highest BCUT2D eigenvalue weighted by molar-refractivity contribution is 5.85. The van der Waals surface area contributed by atoms with Gasteiger partial charge in [-0.3, -0.25) is 9.97 Å². The van der Waals surface area contributed by atoms with Crippen LogP contribution in [0, 0.1) is 12.7 Å². The number of aliphatic hydroxyl groups excluding tert-OH is 2. The Morgan fingerprint density at radius 1 is 0.944 bits per heavy atom. The average molecular weight is 497 g/mol. The van der Waals surface area contributed by atoms with Gasteiger partial charge in [-0.1, -0.05) is 6.07 Å². The Kier molecular flexibility index (Phi) is 7.41. The molecule has 8 nitrogen and oxygen atoms in total. The number of ether oxygens (including phenoxy) is 1. The molecule has 4 N–H and O–H groups in total. The predicted molar refractivity (Wildman–Crippen MR) is 125 cm³/mol. The number of halogens is 3. The first-order valence-corrected chi connectivity index (χ1v) is 10.8. The molecular formula is C25H22F3N5O3. The number of aromatic nitrogens is 4. The lowest BCUT2D eigenvalue weighted by Crippen LogP contribution is -2.09. The molecule has 0 bridgehead atoms. The number of pyridine rings is 2. The van der Waals surface area contributed by atoms with E-state index >= 15 is 0 Å². The third-order valence-corrected chi connectivity index (χ3v) is 5.20. The van der Waals surface area contributed by atoms with Crippen LogP contribution in [0.15, 0.2) is 54.6 Å². The number of nitrogens with two attached hydrogens (primary N) is 1. The lowest BCUT2D eigenvalue weighted by molar-refractivity contribution is 0.0919. The summed E-state index contributed by atoms with van der Waals surface area (Å²) in [5, 5.41) is 19.0.